The molecule has 0 aliphatic heterocycles. The number of carbonyl (C=O) groups excluding carboxylic acids is 1. The molecule has 1 N–H and O–H groups in total. The largest absolute Gasteiger partial charge is 0.492 e. The molecule has 1 aromatic carbocycles. The zero-order valence-electron chi connectivity index (χ0n) is 17.1. The maximum atomic E-state index is 12.6. The summed E-state index contributed by atoms with van der Waals surface area (Å²) in [6.07, 6.45) is 0.0547. The Morgan fingerprint density at radius 2 is 2.03 bits per heavy atom. The van der Waals surface area contributed by atoms with Gasteiger partial charge in [0.2, 0.25) is 15.9 Å². The number of aryl methyl sites for hydroxylation is 1. The van der Waals surface area contributed by atoms with Gasteiger partial charge in [-0.2, -0.15) is 0 Å². The number of aromatic nitrogens is 1. The van der Waals surface area contributed by atoms with Crippen molar-refractivity contribution in [3.8, 4) is 16.5 Å². The predicted octanol–water partition coefficient (Wildman–Crippen LogP) is 3.54. The predicted molar refractivity (Wildman–Crippen MR) is 115 cm³/mol. The summed E-state index contributed by atoms with van der Waals surface area (Å²) >= 11 is 1.39. The molecular formula is C20H23N3O5S2. The van der Waals surface area contributed by atoms with Gasteiger partial charge < -0.3 is 14.5 Å². The smallest absolute Gasteiger partial charge is 0.246 e. The van der Waals surface area contributed by atoms with Crippen LogP contribution in [0.3, 0.4) is 0 Å². The summed E-state index contributed by atoms with van der Waals surface area (Å²) in [6.45, 7) is 3.95. The number of carbonyl (C=O) groups is 1. The van der Waals surface area contributed by atoms with E-state index in [4.69, 9.17) is 9.15 Å². The lowest BCUT2D eigenvalue weighted by Gasteiger charge is -2.16. The van der Waals surface area contributed by atoms with E-state index in [1.807, 2.05) is 19.1 Å². The molecule has 0 unspecified atom stereocenters. The normalized spacial score (nSPS) is 11.6. The fourth-order valence-corrected chi connectivity index (χ4v) is 4.51. The monoisotopic (exact) mass is 449 g/mol. The molecule has 0 saturated carbocycles. The van der Waals surface area contributed by atoms with E-state index in [-0.39, 0.29) is 23.0 Å². The van der Waals surface area contributed by atoms with Crippen molar-refractivity contribution in [3.63, 3.8) is 0 Å². The highest BCUT2D eigenvalue weighted by Crippen LogP contribution is 2.30. The molecular weight excluding hydrogens is 426 g/mol. The van der Waals surface area contributed by atoms with Crippen LogP contribution in [0.25, 0.3) is 10.8 Å². The van der Waals surface area contributed by atoms with Gasteiger partial charge in [0.25, 0.3) is 0 Å². The summed E-state index contributed by atoms with van der Waals surface area (Å²) in [5, 5.41) is 5.23. The molecule has 2 heterocycles. The van der Waals surface area contributed by atoms with Crippen molar-refractivity contribution < 1.29 is 22.4 Å². The number of hydrogen-bond donors (Lipinski definition) is 1. The quantitative estimate of drug-likeness (QED) is 0.564. The first kappa shape index (κ1) is 22.0. The molecule has 0 spiro atoms. The second-order valence-electron chi connectivity index (χ2n) is 6.66. The van der Waals surface area contributed by atoms with Gasteiger partial charge in [-0.1, -0.05) is 0 Å². The maximum Gasteiger partial charge on any atom is 0.246 e. The van der Waals surface area contributed by atoms with Gasteiger partial charge in [-0.05, 0) is 44.2 Å². The Kier molecular flexibility index (Phi) is 6.59. The van der Waals surface area contributed by atoms with Crippen LogP contribution < -0.4 is 10.1 Å². The molecule has 30 heavy (non-hydrogen) atoms. The van der Waals surface area contributed by atoms with E-state index in [0.29, 0.717) is 28.8 Å². The average Bonchev–Trinajstić information content (AvgIpc) is 3.31. The van der Waals surface area contributed by atoms with Crippen molar-refractivity contribution in [3.05, 3.63) is 47.2 Å². The van der Waals surface area contributed by atoms with Crippen LogP contribution in [0.2, 0.25) is 0 Å². The van der Waals surface area contributed by atoms with E-state index >= 15 is 0 Å². The summed E-state index contributed by atoms with van der Waals surface area (Å²) in [7, 11) is -0.854. The minimum absolute atomic E-state index is 0.00344. The van der Waals surface area contributed by atoms with E-state index in [2.05, 4.69) is 10.3 Å². The molecule has 0 bridgehead atoms. The molecule has 0 fully saturated rings. The van der Waals surface area contributed by atoms with Crippen molar-refractivity contribution in [1.29, 1.82) is 0 Å². The van der Waals surface area contributed by atoms with E-state index in [0.717, 1.165) is 10.1 Å². The first-order valence-electron chi connectivity index (χ1n) is 9.21. The van der Waals surface area contributed by atoms with Crippen LogP contribution >= 0.6 is 11.3 Å². The van der Waals surface area contributed by atoms with Crippen LogP contribution in [0, 0.1) is 6.92 Å². The second-order valence-corrected chi connectivity index (χ2v) is 9.64. The van der Waals surface area contributed by atoms with Crippen molar-refractivity contribution in [2.75, 3.05) is 26.0 Å². The summed E-state index contributed by atoms with van der Waals surface area (Å²) < 4.78 is 37.3. The van der Waals surface area contributed by atoms with Gasteiger partial charge in [0.1, 0.15) is 16.4 Å². The highest BCUT2D eigenvalue weighted by Gasteiger charge is 2.23. The molecule has 3 aromatic rings. The molecule has 0 saturated heterocycles. The first-order chi connectivity index (χ1) is 14.2. The highest BCUT2D eigenvalue weighted by molar-refractivity contribution is 7.89. The number of furan rings is 1. The zero-order chi connectivity index (χ0) is 21.9. The highest BCUT2D eigenvalue weighted by atomic mass is 32.2. The van der Waals surface area contributed by atoms with E-state index in [9.17, 15) is 13.2 Å². The van der Waals surface area contributed by atoms with Crippen LogP contribution in [0.4, 0.5) is 5.69 Å². The fourth-order valence-electron chi connectivity index (χ4n) is 2.68. The number of nitrogens with zero attached hydrogens (tertiary/aromatic N) is 2. The molecule has 0 aliphatic rings. The lowest BCUT2D eigenvalue weighted by molar-refractivity contribution is -0.115. The molecule has 1 amide bonds. The van der Waals surface area contributed by atoms with E-state index in [1.165, 1.54) is 37.6 Å². The third kappa shape index (κ3) is 4.89. The molecule has 0 radical (unpaired) electrons. The summed E-state index contributed by atoms with van der Waals surface area (Å²) in [6, 6.07) is 8.24. The zero-order valence-corrected chi connectivity index (χ0v) is 18.8. The Bertz CT molecular complexity index is 1150. The number of ether oxygens (including phenoxy) is 1. The maximum absolute atomic E-state index is 12.6. The summed E-state index contributed by atoms with van der Waals surface area (Å²) in [5.74, 6) is 1.38. The number of sulfonamides is 1. The van der Waals surface area contributed by atoms with Gasteiger partial charge in [0.05, 0.1) is 18.7 Å². The van der Waals surface area contributed by atoms with E-state index < -0.39 is 10.0 Å². The number of nitrogens with one attached hydrogen (secondary N) is 1. The average molecular weight is 450 g/mol. The van der Waals surface area contributed by atoms with Gasteiger partial charge in [-0.25, -0.2) is 17.7 Å². The third-order valence-corrected chi connectivity index (χ3v) is 6.87. The van der Waals surface area contributed by atoms with E-state index in [1.54, 1.807) is 18.4 Å². The number of anilines is 1. The van der Waals surface area contributed by atoms with Crippen molar-refractivity contribution in [2.24, 2.45) is 0 Å². The van der Waals surface area contributed by atoms with Gasteiger partial charge in [0, 0.05) is 25.2 Å². The Balaban J connectivity index is 1.76. The van der Waals surface area contributed by atoms with Crippen molar-refractivity contribution in [2.45, 2.75) is 25.2 Å². The molecule has 160 valence electrons. The molecule has 10 heteroatoms. The van der Waals surface area contributed by atoms with Crippen LogP contribution in [0.5, 0.6) is 5.75 Å². The summed E-state index contributed by atoms with van der Waals surface area (Å²) in [5.41, 5.74) is 0.967. The van der Waals surface area contributed by atoms with Crippen LogP contribution in [-0.2, 0) is 21.2 Å². The summed E-state index contributed by atoms with van der Waals surface area (Å²) in [4.78, 5) is 16.9. The topological polar surface area (TPSA) is 102 Å². The second kappa shape index (κ2) is 8.99. The van der Waals surface area contributed by atoms with Gasteiger partial charge in [-0.15, -0.1) is 11.3 Å². The molecule has 3 rings (SSSR count). The number of rotatable bonds is 8. The fraction of sp³-hybridized carbons (Fsp3) is 0.300. The molecule has 2 aromatic heterocycles. The first-order valence-corrected chi connectivity index (χ1v) is 11.5. The molecule has 0 aliphatic carbocycles. The van der Waals surface area contributed by atoms with Gasteiger partial charge >= 0.3 is 0 Å². The van der Waals surface area contributed by atoms with Crippen LogP contribution in [0.1, 0.15) is 18.4 Å². The van der Waals surface area contributed by atoms with Crippen LogP contribution in [-0.4, -0.2) is 44.3 Å². The number of thiazole rings is 1. The Morgan fingerprint density at radius 1 is 1.27 bits per heavy atom. The molecule has 8 nitrogen and oxygen atoms in total. The third-order valence-electron chi connectivity index (χ3n) is 4.13. The Morgan fingerprint density at radius 3 is 2.67 bits per heavy atom. The van der Waals surface area contributed by atoms with Crippen molar-refractivity contribution >= 4 is 33.0 Å². The lowest BCUT2D eigenvalue weighted by Crippen LogP contribution is -2.23. The minimum atomic E-state index is -3.74. The SMILES string of the molecule is CCOc1ccc(NC(=O)Cc2csc(-c3ccc(C)o3)n2)cc1S(=O)(=O)N(C)C. The minimum Gasteiger partial charge on any atom is -0.492 e. The lowest BCUT2D eigenvalue weighted by atomic mass is 10.2. The van der Waals surface area contributed by atoms with Crippen LogP contribution in [0.15, 0.2) is 45.0 Å². The number of benzene rings is 1. The van der Waals surface area contributed by atoms with Gasteiger partial charge in [-0.3, -0.25) is 4.79 Å². The van der Waals surface area contributed by atoms with Crippen molar-refractivity contribution in [1.82, 2.24) is 9.29 Å². The Labute approximate surface area is 179 Å². The standard InChI is InChI=1S/C20H23N3O5S2/c1-5-27-16-9-7-14(10-18(16)30(25,26)23(3)4)21-19(24)11-15-12-29-20(22-15)17-8-6-13(2)28-17/h6-10,12H,5,11H2,1-4H3,(H,21,24). The number of hydrogen-bond acceptors (Lipinski definition) is 7. The number of amides is 1. The Hall–Kier alpha value is -2.69. The molecule has 0 atom stereocenters. The van der Waals surface area contributed by atoms with Gasteiger partial charge in [0.15, 0.2) is 10.8 Å².